The molecule has 2 aromatic rings. The summed E-state index contributed by atoms with van der Waals surface area (Å²) in [6.07, 6.45) is 1.90. The number of aromatic nitrogens is 1. The summed E-state index contributed by atoms with van der Waals surface area (Å²) in [6, 6.07) is 7.45. The van der Waals surface area contributed by atoms with Crippen LogP contribution in [0.25, 0.3) is 11.1 Å². The summed E-state index contributed by atoms with van der Waals surface area (Å²) >= 11 is 5.81. The molecule has 0 atom stereocenters. The molecule has 0 N–H and O–H groups in total. The highest BCUT2D eigenvalue weighted by Crippen LogP contribution is 2.27. The fourth-order valence-electron chi connectivity index (χ4n) is 1.76. The summed E-state index contributed by atoms with van der Waals surface area (Å²) in [5.41, 5.74) is 1.73. The molecule has 0 aliphatic rings. The summed E-state index contributed by atoms with van der Waals surface area (Å²) in [5.74, 6) is -0.413. The molecule has 1 heterocycles. The van der Waals surface area contributed by atoms with Crippen LogP contribution in [-0.2, 0) is 0 Å². The van der Waals surface area contributed by atoms with Crippen molar-refractivity contribution in [2.24, 2.45) is 0 Å². The van der Waals surface area contributed by atoms with Gasteiger partial charge in [0.25, 0.3) is 0 Å². The lowest BCUT2D eigenvalue weighted by molar-refractivity contribution is 0.0989. The Morgan fingerprint density at radius 1 is 1.33 bits per heavy atom. The summed E-state index contributed by atoms with van der Waals surface area (Å²) in [7, 11) is 0. The maximum absolute atomic E-state index is 13.3. The first kappa shape index (κ1) is 12.7. The average Bonchev–Trinajstić information content (AvgIpc) is 2.38. The molecule has 0 aliphatic carbocycles. The van der Waals surface area contributed by atoms with Gasteiger partial charge in [-0.25, -0.2) is 9.37 Å². The standard InChI is InChI=1S/C14H11ClFNO/c1-2-13(18)11-4-3-10(16)8-12(11)9-5-6-17-14(15)7-9/h3-8H,2H2,1H3. The molecule has 1 aromatic heterocycles. The summed E-state index contributed by atoms with van der Waals surface area (Å²) in [5, 5.41) is 0.312. The number of halogens is 2. The van der Waals surface area contributed by atoms with Gasteiger partial charge < -0.3 is 0 Å². The smallest absolute Gasteiger partial charge is 0.163 e. The van der Waals surface area contributed by atoms with E-state index in [1.54, 1.807) is 19.1 Å². The van der Waals surface area contributed by atoms with E-state index in [4.69, 9.17) is 11.6 Å². The molecule has 0 radical (unpaired) electrons. The van der Waals surface area contributed by atoms with Crippen molar-refractivity contribution in [3.05, 3.63) is 53.1 Å². The lowest BCUT2D eigenvalue weighted by Crippen LogP contribution is -2.00. The van der Waals surface area contributed by atoms with Gasteiger partial charge in [-0.1, -0.05) is 18.5 Å². The third-order valence-electron chi connectivity index (χ3n) is 2.64. The Morgan fingerprint density at radius 2 is 2.11 bits per heavy atom. The number of hydrogen-bond donors (Lipinski definition) is 0. The Kier molecular flexibility index (Phi) is 3.72. The number of carbonyl (C=O) groups is 1. The SMILES string of the molecule is CCC(=O)c1ccc(F)cc1-c1ccnc(Cl)c1. The van der Waals surface area contributed by atoms with Crippen molar-refractivity contribution in [2.75, 3.05) is 0 Å². The summed E-state index contributed by atoms with van der Waals surface area (Å²) in [6.45, 7) is 1.77. The third-order valence-corrected chi connectivity index (χ3v) is 2.85. The number of rotatable bonds is 3. The largest absolute Gasteiger partial charge is 0.294 e. The van der Waals surface area contributed by atoms with E-state index in [-0.39, 0.29) is 11.6 Å². The fourth-order valence-corrected chi connectivity index (χ4v) is 1.93. The molecule has 0 aliphatic heterocycles. The molecule has 1 aromatic carbocycles. The predicted molar refractivity (Wildman–Crippen MR) is 69.3 cm³/mol. The minimum atomic E-state index is -0.384. The monoisotopic (exact) mass is 263 g/mol. The van der Waals surface area contributed by atoms with Crippen molar-refractivity contribution < 1.29 is 9.18 Å². The molecule has 0 amide bonds. The van der Waals surface area contributed by atoms with Crippen LogP contribution < -0.4 is 0 Å². The topological polar surface area (TPSA) is 30.0 Å². The van der Waals surface area contributed by atoms with Crippen LogP contribution in [0.4, 0.5) is 4.39 Å². The van der Waals surface area contributed by atoms with E-state index in [0.29, 0.717) is 28.3 Å². The molecule has 2 rings (SSSR count). The molecule has 2 nitrogen and oxygen atoms in total. The van der Waals surface area contributed by atoms with Crippen molar-refractivity contribution in [1.82, 2.24) is 4.98 Å². The zero-order valence-electron chi connectivity index (χ0n) is 9.78. The second-order valence-corrected chi connectivity index (χ2v) is 4.22. The second-order valence-electron chi connectivity index (χ2n) is 3.83. The Balaban J connectivity index is 2.61. The third kappa shape index (κ3) is 2.57. The van der Waals surface area contributed by atoms with E-state index in [9.17, 15) is 9.18 Å². The number of Topliss-reactive ketones (excluding diaryl/α,β-unsaturated/α-hetero) is 1. The van der Waals surface area contributed by atoms with Crippen molar-refractivity contribution in [2.45, 2.75) is 13.3 Å². The van der Waals surface area contributed by atoms with E-state index in [2.05, 4.69) is 4.98 Å². The fraction of sp³-hybridized carbons (Fsp3) is 0.143. The van der Waals surface area contributed by atoms with Crippen LogP contribution in [0.2, 0.25) is 5.15 Å². The normalized spacial score (nSPS) is 10.4. The minimum absolute atomic E-state index is 0.0297. The van der Waals surface area contributed by atoms with Crippen molar-refractivity contribution in [3.8, 4) is 11.1 Å². The van der Waals surface area contributed by atoms with Gasteiger partial charge >= 0.3 is 0 Å². The van der Waals surface area contributed by atoms with Gasteiger partial charge in [0.2, 0.25) is 0 Å². The number of pyridine rings is 1. The number of carbonyl (C=O) groups excluding carboxylic acids is 1. The molecular formula is C14H11ClFNO. The van der Waals surface area contributed by atoms with Crippen LogP contribution >= 0.6 is 11.6 Å². The summed E-state index contributed by atoms with van der Waals surface area (Å²) < 4.78 is 13.3. The van der Waals surface area contributed by atoms with Gasteiger partial charge in [-0.15, -0.1) is 0 Å². The van der Waals surface area contributed by atoms with E-state index in [1.165, 1.54) is 24.4 Å². The van der Waals surface area contributed by atoms with Crippen LogP contribution in [0.1, 0.15) is 23.7 Å². The van der Waals surface area contributed by atoms with Gasteiger partial charge in [0.1, 0.15) is 11.0 Å². The van der Waals surface area contributed by atoms with Gasteiger partial charge in [-0.3, -0.25) is 4.79 Å². The minimum Gasteiger partial charge on any atom is -0.294 e. The zero-order valence-corrected chi connectivity index (χ0v) is 10.5. The number of nitrogens with zero attached hydrogens (tertiary/aromatic N) is 1. The number of ketones is 1. The Bertz CT molecular complexity index is 598. The highest BCUT2D eigenvalue weighted by atomic mass is 35.5. The molecule has 0 saturated heterocycles. The van der Waals surface area contributed by atoms with Crippen LogP contribution in [0.3, 0.4) is 0 Å². The van der Waals surface area contributed by atoms with Crippen LogP contribution in [-0.4, -0.2) is 10.8 Å². The molecule has 18 heavy (non-hydrogen) atoms. The molecule has 4 heteroatoms. The molecule has 92 valence electrons. The van der Waals surface area contributed by atoms with E-state index in [0.717, 1.165) is 0 Å². The van der Waals surface area contributed by atoms with Crippen molar-refractivity contribution >= 4 is 17.4 Å². The number of benzene rings is 1. The predicted octanol–water partition coefficient (Wildman–Crippen LogP) is 4.13. The highest BCUT2D eigenvalue weighted by Gasteiger charge is 2.12. The first-order chi connectivity index (χ1) is 8.61. The lowest BCUT2D eigenvalue weighted by Gasteiger charge is -2.08. The maximum Gasteiger partial charge on any atom is 0.163 e. The lowest BCUT2D eigenvalue weighted by atomic mass is 9.96. The van der Waals surface area contributed by atoms with Gasteiger partial charge in [0.05, 0.1) is 0 Å². The first-order valence-electron chi connectivity index (χ1n) is 5.56. The molecule has 0 bridgehead atoms. The number of hydrogen-bond acceptors (Lipinski definition) is 2. The molecular weight excluding hydrogens is 253 g/mol. The van der Waals surface area contributed by atoms with Gasteiger partial charge in [0.15, 0.2) is 5.78 Å². The second kappa shape index (κ2) is 5.27. The highest BCUT2D eigenvalue weighted by molar-refractivity contribution is 6.29. The molecule has 0 unspecified atom stereocenters. The van der Waals surface area contributed by atoms with Gasteiger partial charge in [-0.05, 0) is 41.5 Å². The quantitative estimate of drug-likeness (QED) is 0.615. The Labute approximate surface area is 109 Å². The van der Waals surface area contributed by atoms with E-state index >= 15 is 0 Å². The first-order valence-corrected chi connectivity index (χ1v) is 5.94. The van der Waals surface area contributed by atoms with Gasteiger partial charge in [0, 0.05) is 18.2 Å². The van der Waals surface area contributed by atoms with Crippen LogP contribution in [0.15, 0.2) is 36.5 Å². The van der Waals surface area contributed by atoms with E-state index in [1.807, 2.05) is 0 Å². The Hall–Kier alpha value is -1.74. The van der Waals surface area contributed by atoms with Crippen molar-refractivity contribution in [3.63, 3.8) is 0 Å². The summed E-state index contributed by atoms with van der Waals surface area (Å²) in [4.78, 5) is 15.7. The molecule has 0 fully saturated rings. The molecule has 0 spiro atoms. The maximum atomic E-state index is 13.3. The van der Waals surface area contributed by atoms with Gasteiger partial charge in [-0.2, -0.15) is 0 Å². The average molecular weight is 264 g/mol. The van der Waals surface area contributed by atoms with Crippen LogP contribution in [0, 0.1) is 5.82 Å². The zero-order chi connectivity index (χ0) is 13.1. The molecule has 0 saturated carbocycles. The van der Waals surface area contributed by atoms with Crippen molar-refractivity contribution in [1.29, 1.82) is 0 Å². The van der Waals surface area contributed by atoms with Crippen LogP contribution in [0.5, 0.6) is 0 Å². The Morgan fingerprint density at radius 3 is 2.78 bits per heavy atom. The van der Waals surface area contributed by atoms with E-state index < -0.39 is 0 Å².